The number of hydrogen-bond acceptors (Lipinski definition) is 3. The molecular weight excluding hydrogens is 374 g/mol. The lowest BCUT2D eigenvalue weighted by molar-refractivity contribution is -0.253. The Morgan fingerprint density at radius 2 is 1.68 bits per heavy atom. The van der Waals surface area contributed by atoms with Crippen molar-refractivity contribution in [1.29, 1.82) is 0 Å². The van der Waals surface area contributed by atoms with Crippen LogP contribution in [-0.4, -0.2) is 50.0 Å². The number of alkyl halides is 6. The van der Waals surface area contributed by atoms with Gasteiger partial charge in [0.25, 0.3) is 0 Å². The molecule has 144 valence electrons. The van der Waals surface area contributed by atoms with Crippen LogP contribution in [0.5, 0.6) is 5.75 Å². The number of benzene rings is 1. The highest BCUT2D eigenvalue weighted by atomic mass is 35.5. The molecule has 1 atom stereocenters. The second kappa shape index (κ2) is 9.49. The first-order valence-corrected chi connectivity index (χ1v) is 7.48. The molecule has 1 saturated heterocycles. The Morgan fingerprint density at radius 1 is 1.08 bits per heavy atom. The summed E-state index contributed by atoms with van der Waals surface area (Å²) in [5, 5.41) is 3.06. The zero-order valence-corrected chi connectivity index (χ0v) is 13.9. The van der Waals surface area contributed by atoms with Gasteiger partial charge in [-0.25, -0.2) is 8.78 Å². The molecule has 2 rings (SSSR count). The first-order valence-electron chi connectivity index (χ1n) is 7.48. The third-order valence-corrected chi connectivity index (χ3v) is 3.77. The molecule has 1 N–H and O–H groups in total. The molecule has 3 nitrogen and oxygen atoms in total. The minimum atomic E-state index is -4.69. The van der Waals surface area contributed by atoms with E-state index < -0.39 is 37.2 Å². The highest BCUT2D eigenvalue weighted by Gasteiger charge is 2.44. The first kappa shape index (κ1) is 21.9. The topological polar surface area (TPSA) is 24.5 Å². The summed E-state index contributed by atoms with van der Waals surface area (Å²) in [6, 6.07) is 4.36. The summed E-state index contributed by atoms with van der Waals surface area (Å²) in [5.74, 6) is -0.507. The van der Waals surface area contributed by atoms with Crippen molar-refractivity contribution in [1.82, 2.24) is 10.2 Å². The number of nitrogens with one attached hydrogen (secondary N) is 1. The van der Waals surface area contributed by atoms with Crippen LogP contribution in [0.3, 0.4) is 0 Å². The van der Waals surface area contributed by atoms with Gasteiger partial charge in [-0.15, -0.1) is 12.4 Å². The number of rotatable bonds is 7. The SMILES string of the molecule is Cl.FC(F)C[C@H](c1ccccc1OC(F)(F)C(F)F)N1CCNCC1. The summed E-state index contributed by atoms with van der Waals surface area (Å²) in [5.41, 5.74) is 0.0556. The number of hydrogen-bond donors (Lipinski definition) is 1. The van der Waals surface area contributed by atoms with Crippen LogP contribution in [-0.2, 0) is 0 Å². The van der Waals surface area contributed by atoms with Crippen molar-refractivity contribution in [2.75, 3.05) is 26.2 Å². The average molecular weight is 393 g/mol. The fourth-order valence-corrected chi connectivity index (χ4v) is 2.68. The van der Waals surface area contributed by atoms with Crippen molar-refractivity contribution in [3.8, 4) is 5.75 Å². The van der Waals surface area contributed by atoms with Gasteiger partial charge in [-0.3, -0.25) is 4.90 Å². The molecule has 10 heteroatoms. The van der Waals surface area contributed by atoms with Gasteiger partial charge >= 0.3 is 12.5 Å². The second-order valence-corrected chi connectivity index (χ2v) is 5.43. The predicted octanol–water partition coefficient (Wildman–Crippen LogP) is 3.95. The van der Waals surface area contributed by atoms with Crippen molar-refractivity contribution in [2.24, 2.45) is 0 Å². The van der Waals surface area contributed by atoms with Crippen LogP contribution in [0.1, 0.15) is 18.0 Å². The number of para-hydroxylation sites is 1. The highest BCUT2D eigenvalue weighted by Crippen LogP contribution is 2.37. The van der Waals surface area contributed by atoms with Crippen molar-refractivity contribution >= 4 is 12.4 Å². The van der Waals surface area contributed by atoms with Gasteiger partial charge < -0.3 is 10.1 Å². The zero-order chi connectivity index (χ0) is 17.7. The summed E-state index contributed by atoms with van der Waals surface area (Å²) in [4.78, 5) is 1.71. The van der Waals surface area contributed by atoms with Gasteiger partial charge in [-0.1, -0.05) is 18.2 Å². The van der Waals surface area contributed by atoms with E-state index in [-0.39, 0.29) is 18.0 Å². The molecule has 0 spiro atoms. The summed E-state index contributed by atoms with van der Waals surface area (Å²) in [6.45, 7) is 2.01. The predicted molar refractivity (Wildman–Crippen MR) is 83.1 cm³/mol. The smallest absolute Gasteiger partial charge is 0.428 e. The van der Waals surface area contributed by atoms with Crippen molar-refractivity contribution < 1.29 is 31.1 Å². The van der Waals surface area contributed by atoms with Crippen LogP contribution < -0.4 is 10.1 Å². The van der Waals surface area contributed by atoms with Crippen molar-refractivity contribution in [2.45, 2.75) is 31.4 Å². The minimum absolute atomic E-state index is 0. The number of piperazine rings is 1. The lowest BCUT2D eigenvalue weighted by Gasteiger charge is -2.36. The molecule has 1 fully saturated rings. The summed E-state index contributed by atoms with van der Waals surface area (Å²) >= 11 is 0. The fraction of sp³-hybridized carbons (Fsp3) is 0.600. The van der Waals surface area contributed by atoms with Crippen molar-refractivity contribution in [3.05, 3.63) is 29.8 Å². The maximum Gasteiger partial charge on any atom is 0.461 e. The molecule has 0 radical (unpaired) electrons. The monoisotopic (exact) mass is 392 g/mol. The zero-order valence-electron chi connectivity index (χ0n) is 13.1. The molecule has 0 amide bonds. The van der Waals surface area contributed by atoms with Crippen LogP contribution in [0.25, 0.3) is 0 Å². The van der Waals surface area contributed by atoms with E-state index in [9.17, 15) is 26.3 Å². The Bertz CT molecular complexity index is 528. The average Bonchev–Trinajstić information content (AvgIpc) is 2.53. The summed E-state index contributed by atoms with van der Waals surface area (Å²) in [6.07, 6.45) is -12.0. The molecule has 1 aromatic rings. The minimum Gasteiger partial charge on any atom is -0.428 e. The van der Waals surface area contributed by atoms with Crippen LogP contribution >= 0.6 is 12.4 Å². The van der Waals surface area contributed by atoms with Gasteiger partial charge in [0.2, 0.25) is 6.43 Å². The molecule has 0 aromatic heterocycles. The lowest BCUT2D eigenvalue weighted by atomic mass is 10.00. The Labute approximate surface area is 147 Å². The van der Waals surface area contributed by atoms with Crippen LogP contribution in [0.2, 0.25) is 0 Å². The van der Waals surface area contributed by atoms with Gasteiger partial charge in [0.15, 0.2) is 0 Å². The van der Waals surface area contributed by atoms with E-state index in [0.29, 0.717) is 26.2 Å². The maximum atomic E-state index is 13.2. The van der Waals surface area contributed by atoms with Gasteiger partial charge in [-0.2, -0.15) is 17.6 Å². The largest absolute Gasteiger partial charge is 0.461 e. The normalized spacial score (nSPS) is 17.4. The molecule has 0 saturated carbocycles. The number of halogens is 7. The quantitative estimate of drug-likeness (QED) is 0.711. The van der Waals surface area contributed by atoms with E-state index in [1.807, 2.05) is 0 Å². The molecule has 1 aliphatic rings. The molecular formula is C15H19ClF6N2O. The van der Waals surface area contributed by atoms with E-state index in [1.165, 1.54) is 18.2 Å². The van der Waals surface area contributed by atoms with E-state index in [0.717, 1.165) is 6.07 Å². The molecule has 1 aromatic carbocycles. The van der Waals surface area contributed by atoms with Crippen LogP contribution in [0.4, 0.5) is 26.3 Å². The summed E-state index contributed by atoms with van der Waals surface area (Å²) < 4.78 is 81.4. The maximum absolute atomic E-state index is 13.2. The molecule has 25 heavy (non-hydrogen) atoms. The second-order valence-electron chi connectivity index (χ2n) is 5.43. The lowest BCUT2D eigenvalue weighted by Crippen LogP contribution is -2.45. The molecule has 0 bridgehead atoms. The Balaban J connectivity index is 0.00000312. The fourth-order valence-electron chi connectivity index (χ4n) is 2.68. The number of nitrogens with zero attached hydrogens (tertiary/aromatic N) is 1. The Hall–Kier alpha value is -1.19. The van der Waals surface area contributed by atoms with Gasteiger partial charge in [0.1, 0.15) is 5.75 Å². The molecule has 1 heterocycles. The van der Waals surface area contributed by atoms with Crippen LogP contribution in [0, 0.1) is 0 Å². The van der Waals surface area contributed by atoms with Gasteiger partial charge in [0, 0.05) is 44.2 Å². The number of ether oxygens (including phenoxy) is 1. The Morgan fingerprint density at radius 3 is 2.24 bits per heavy atom. The third-order valence-electron chi connectivity index (χ3n) is 3.77. The Kier molecular flexibility index (Phi) is 8.30. The van der Waals surface area contributed by atoms with Crippen molar-refractivity contribution in [3.63, 3.8) is 0 Å². The standard InChI is InChI=1S/C15H18F6N2O.ClH/c16-13(17)9-11(23-7-5-22-6-8-23)10-3-1-2-4-12(10)24-15(20,21)14(18)19;/h1-4,11,13-14,22H,5-9H2;1H/t11-;/m1./s1. The molecule has 1 aliphatic heterocycles. The van der Waals surface area contributed by atoms with Gasteiger partial charge in [0.05, 0.1) is 0 Å². The molecule has 0 unspecified atom stereocenters. The third kappa shape index (κ3) is 5.93. The van der Waals surface area contributed by atoms with E-state index >= 15 is 0 Å². The van der Waals surface area contributed by atoms with E-state index in [4.69, 9.17) is 0 Å². The highest BCUT2D eigenvalue weighted by molar-refractivity contribution is 5.85. The van der Waals surface area contributed by atoms with E-state index in [2.05, 4.69) is 10.1 Å². The molecule has 0 aliphatic carbocycles. The van der Waals surface area contributed by atoms with E-state index in [1.54, 1.807) is 4.90 Å². The van der Waals surface area contributed by atoms with Crippen LogP contribution in [0.15, 0.2) is 24.3 Å². The first-order chi connectivity index (χ1) is 11.3. The van der Waals surface area contributed by atoms with Gasteiger partial charge in [-0.05, 0) is 6.07 Å². The summed E-state index contributed by atoms with van der Waals surface area (Å²) in [7, 11) is 0.